The van der Waals surface area contributed by atoms with Crippen molar-refractivity contribution in [1.29, 1.82) is 5.26 Å². The molecule has 0 bridgehead atoms. The molecule has 0 amide bonds. The molecule has 0 atom stereocenters. The Kier molecular flexibility index (Phi) is 3.23. The minimum absolute atomic E-state index is 0.165. The molecule has 0 radical (unpaired) electrons. The summed E-state index contributed by atoms with van der Waals surface area (Å²) in [6.07, 6.45) is 0. The quantitative estimate of drug-likeness (QED) is 0.738. The van der Waals surface area contributed by atoms with Gasteiger partial charge in [0.2, 0.25) is 0 Å². The van der Waals surface area contributed by atoms with Crippen molar-refractivity contribution >= 4 is 0 Å². The van der Waals surface area contributed by atoms with Gasteiger partial charge in [0.25, 0.3) is 0 Å². The first-order valence-corrected chi connectivity index (χ1v) is 4.42. The van der Waals surface area contributed by atoms with Gasteiger partial charge in [0.15, 0.2) is 0 Å². The molecule has 14 heavy (non-hydrogen) atoms. The molecule has 0 fully saturated rings. The zero-order valence-electron chi connectivity index (χ0n) is 8.45. The van der Waals surface area contributed by atoms with Gasteiger partial charge in [-0.15, -0.1) is 0 Å². The minimum atomic E-state index is -0.165. The SMILES string of the molecule is CC(C)(CON)c1cccc(C#N)c1. The van der Waals surface area contributed by atoms with Crippen LogP contribution in [0.1, 0.15) is 25.0 Å². The normalized spacial score (nSPS) is 11.0. The average Bonchev–Trinajstić information content (AvgIpc) is 2.18. The predicted molar refractivity (Wildman–Crippen MR) is 54.3 cm³/mol. The van der Waals surface area contributed by atoms with E-state index >= 15 is 0 Å². The maximum atomic E-state index is 8.75. The summed E-state index contributed by atoms with van der Waals surface area (Å²) in [4.78, 5) is 4.65. The third kappa shape index (κ3) is 2.32. The molecule has 0 heterocycles. The van der Waals surface area contributed by atoms with Crippen LogP contribution < -0.4 is 5.90 Å². The van der Waals surface area contributed by atoms with Crippen LogP contribution in [0.2, 0.25) is 0 Å². The summed E-state index contributed by atoms with van der Waals surface area (Å²) in [6, 6.07) is 9.59. The van der Waals surface area contributed by atoms with Crippen LogP contribution in [0.25, 0.3) is 0 Å². The number of hydrogen-bond donors (Lipinski definition) is 1. The summed E-state index contributed by atoms with van der Waals surface area (Å²) in [6.45, 7) is 4.48. The molecule has 0 aliphatic heterocycles. The maximum absolute atomic E-state index is 8.75. The van der Waals surface area contributed by atoms with Gasteiger partial charge in [0.05, 0.1) is 18.2 Å². The summed E-state index contributed by atoms with van der Waals surface area (Å²) in [5.74, 6) is 5.06. The molecule has 74 valence electrons. The number of benzene rings is 1. The fourth-order valence-electron chi connectivity index (χ4n) is 1.30. The Bertz CT molecular complexity index is 353. The summed E-state index contributed by atoms with van der Waals surface area (Å²) in [5.41, 5.74) is 1.55. The molecule has 0 aromatic heterocycles. The van der Waals surface area contributed by atoms with E-state index in [-0.39, 0.29) is 5.41 Å². The number of nitrogens with zero attached hydrogens (tertiary/aromatic N) is 1. The Hall–Kier alpha value is -1.37. The van der Waals surface area contributed by atoms with Gasteiger partial charge in [0.1, 0.15) is 0 Å². The third-order valence-electron chi connectivity index (χ3n) is 2.22. The highest BCUT2D eigenvalue weighted by Gasteiger charge is 2.20. The Balaban J connectivity index is 3.01. The van der Waals surface area contributed by atoms with Crippen LogP contribution in [-0.2, 0) is 10.3 Å². The molecular formula is C11H14N2O. The topological polar surface area (TPSA) is 59.0 Å². The van der Waals surface area contributed by atoms with Gasteiger partial charge in [-0.1, -0.05) is 26.0 Å². The largest absolute Gasteiger partial charge is 0.304 e. The Labute approximate surface area is 84.1 Å². The lowest BCUT2D eigenvalue weighted by atomic mass is 9.85. The monoisotopic (exact) mass is 190 g/mol. The molecule has 3 nitrogen and oxygen atoms in total. The summed E-state index contributed by atoms with van der Waals surface area (Å²) < 4.78 is 0. The van der Waals surface area contributed by atoms with Gasteiger partial charge in [0, 0.05) is 5.41 Å². The van der Waals surface area contributed by atoms with Crippen molar-refractivity contribution in [2.45, 2.75) is 19.3 Å². The van der Waals surface area contributed by atoms with Crippen LogP contribution in [-0.4, -0.2) is 6.61 Å². The van der Waals surface area contributed by atoms with E-state index in [1.54, 1.807) is 6.07 Å². The third-order valence-corrected chi connectivity index (χ3v) is 2.22. The van der Waals surface area contributed by atoms with Gasteiger partial charge < -0.3 is 4.84 Å². The second-order valence-electron chi connectivity index (χ2n) is 3.89. The van der Waals surface area contributed by atoms with E-state index in [1.807, 2.05) is 32.0 Å². The molecule has 3 heteroatoms. The van der Waals surface area contributed by atoms with E-state index in [2.05, 4.69) is 10.9 Å². The maximum Gasteiger partial charge on any atom is 0.0991 e. The molecule has 0 spiro atoms. The first-order valence-electron chi connectivity index (χ1n) is 4.42. The highest BCUT2D eigenvalue weighted by Crippen LogP contribution is 2.23. The van der Waals surface area contributed by atoms with Gasteiger partial charge in [-0.2, -0.15) is 5.26 Å². The fraction of sp³-hybridized carbons (Fsp3) is 0.364. The van der Waals surface area contributed by atoms with E-state index in [0.717, 1.165) is 5.56 Å². The van der Waals surface area contributed by atoms with Gasteiger partial charge >= 0.3 is 0 Å². The molecule has 1 aromatic carbocycles. The van der Waals surface area contributed by atoms with Crippen molar-refractivity contribution in [2.75, 3.05) is 6.61 Å². The fourth-order valence-corrected chi connectivity index (χ4v) is 1.30. The van der Waals surface area contributed by atoms with E-state index in [0.29, 0.717) is 12.2 Å². The molecule has 0 unspecified atom stereocenters. The van der Waals surface area contributed by atoms with E-state index in [9.17, 15) is 0 Å². The van der Waals surface area contributed by atoms with Crippen molar-refractivity contribution in [2.24, 2.45) is 5.90 Å². The molecule has 0 saturated heterocycles. The lowest BCUT2D eigenvalue weighted by Gasteiger charge is -2.23. The summed E-state index contributed by atoms with van der Waals surface area (Å²) >= 11 is 0. The molecule has 0 aliphatic rings. The van der Waals surface area contributed by atoms with Crippen LogP contribution in [0.4, 0.5) is 0 Å². The standard InChI is InChI=1S/C11H14N2O/c1-11(2,8-14-13)10-5-3-4-9(6-10)7-12/h3-6H,8,13H2,1-2H3. The van der Waals surface area contributed by atoms with Crippen LogP contribution >= 0.6 is 0 Å². The van der Waals surface area contributed by atoms with Crippen molar-refractivity contribution in [3.63, 3.8) is 0 Å². The van der Waals surface area contributed by atoms with Crippen molar-refractivity contribution in [1.82, 2.24) is 0 Å². The molecule has 0 aliphatic carbocycles. The summed E-state index contributed by atoms with van der Waals surface area (Å²) in [7, 11) is 0. The number of rotatable bonds is 3. The van der Waals surface area contributed by atoms with E-state index < -0.39 is 0 Å². The van der Waals surface area contributed by atoms with Crippen LogP contribution in [0.3, 0.4) is 0 Å². The highest BCUT2D eigenvalue weighted by molar-refractivity contribution is 5.36. The Morgan fingerprint density at radius 1 is 1.50 bits per heavy atom. The molecular weight excluding hydrogens is 176 g/mol. The molecule has 1 aromatic rings. The first kappa shape index (κ1) is 10.7. The zero-order valence-corrected chi connectivity index (χ0v) is 8.45. The first-order chi connectivity index (χ1) is 6.60. The van der Waals surface area contributed by atoms with Crippen LogP contribution in [0.5, 0.6) is 0 Å². The lowest BCUT2D eigenvalue weighted by Crippen LogP contribution is -2.26. The molecule has 1 rings (SSSR count). The Morgan fingerprint density at radius 2 is 2.21 bits per heavy atom. The smallest absolute Gasteiger partial charge is 0.0991 e. The van der Waals surface area contributed by atoms with E-state index in [4.69, 9.17) is 11.2 Å². The van der Waals surface area contributed by atoms with Crippen molar-refractivity contribution in [3.8, 4) is 6.07 Å². The zero-order chi connectivity index (χ0) is 10.6. The van der Waals surface area contributed by atoms with Gasteiger partial charge in [-0.05, 0) is 17.7 Å². The van der Waals surface area contributed by atoms with Gasteiger partial charge in [-0.25, -0.2) is 5.90 Å². The average molecular weight is 190 g/mol. The molecule has 2 N–H and O–H groups in total. The second kappa shape index (κ2) is 4.23. The Morgan fingerprint density at radius 3 is 2.79 bits per heavy atom. The van der Waals surface area contributed by atoms with Crippen LogP contribution in [0, 0.1) is 11.3 Å². The van der Waals surface area contributed by atoms with Crippen molar-refractivity contribution in [3.05, 3.63) is 35.4 Å². The van der Waals surface area contributed by atoms with Crippen molar-refractivity contribution < 1.29 is 4.84 Å². The molecule has 0 saturated carbocycles. The number of nitriles is 1. The second-order valence-corrected chi connectivity index (χ2v) is 3.89. The van der Waals surface area contributed by atoms with Crippen LogP contribution in [0.15, 0.2) is 24.3 Å². The number of hydrogen-bond acceptors (Lipinski definition) is 3. The highest BCUT2D eigenvalue weighted by atomic mass is 16.6. The van der Waals surface area contributed by atoms with E-state index in [1.165, 1.54) is 0 Å². The summed E-state index contributed by atoms with van der Waals surface area (Å²) in [5, 5.41) is 8.75. The number of nitrogens with two attached hydrogens (primary N) is 1. The minimum Gasteiger partial charge on any atom is -0.304 e. The predicted octanol–water partition coefficient (Wildman–Crippen LogP) is 1.73. The van der Waals surface area contributed by atoms with Gasteiger partial charge in [-0.3, -0.25) is 0 Å². The lowest BCUT2D eigenvalue weighted by molar-refractivity contribution is 0.0964.